The van der Waals surface area contributed by atoms with Crippen LogP contribution in [-0.4, -0.2) is 24.7 Å². The zero-order valence-corrected chi connectivity index (χ0v) is 8.65. The molecule has 2 aromatic heterocycles. The van der Waals surface area contributed by atoms with E-state index in [4.69, 9.17) is 5.84 Å². The zero-order chi connectivity index (χ0) is 12.3. The Kier molecular flexibility index (Phi) is 2.92. The molecule has 0 unspecified atom stereocenters. The number of nitrogens with one attached hydrogen (secondary N) is 1. The van der Waals surface area contributed by atoms with E-state index < -0.39 is 4.92 Å². The molecule has 0 fully saturated rings. The maximum absolute atomic E-state index is 10.5. The SMILES string of the molecule is NNc1cnc(Cn2cc([N+](=O)[O-])cn2)cn1. The van der Waals surface area contributed by atoms with Crippen LogP contribution >= 0.6 is 0 Å². The van der Waals surface area contributed by atoms with Gasteiger partial charge < -0.3 is 5.43 Å². The Morgan fingerprint density at radius 1 is 1.41 bits per heavy atom. The third kappa shape index (κ3) is 2.52. The molecule has 9 heteroatoms. The number of nitrogens with zero attached hydrogens (tertiary/aromatic N) is 5. The van der Waals surface area contributed by atoms with Crippen LogP contribution < -0.4 is 11.3 Å². The van der Waals surface area contributed by atoms with Gasteiger partial charge in [0, 0.05) is 0 Å². The molecule has 0 amide bonds. The van der Waals surface area contributed by atoms with Gasteiger partial charge in [0.2, 0.25) is 0 Å². The number of aromatic nitrogens is 4. The molecule has 0 radical (unpaired) electrons. The fourth-order valence-electron chi connectivity index (χ4n) is 1.21. The van der Waals surface area contributed by atoms with Crippen molar-refractivity contribution in [3.8, 4) is 0 Å². The van der Waals surface area contributed by atoms with Crippen molar-refractivity contribution in [2.24, 2.45) is 5.84 Å². The minimum absolute atomic E-state index is 0.0572. The average Bonchev–Trinajstić information content (AvgIpc) is 2.79. The van der Waals surface area contributed by atoms with Gasteiger partial charge in [-0.1, -0.05) is 0 Å². The van der Waals surface area contributed by atoms with E-state index in [1.807, 2.05) is 0 Å². The van der Waals surface area contributed by atoms with Crippen molar-refractivity contribution in [1.29, 1.82) is 0 Å². The van der Waals surface area contributed by atoms with Gasteiger partial charge in [0.25, 0.3) is 0 Å². The standard InChI is InChI=1S/C8H9N7O2/c9-13-8-3-10-6(1-11-8)4-14-5-7(2-12-14)15(16)17/h1-3,5H,4,9H2,(H,11,13). The molecule has 2 rings (SSSR count). The number of nitro groups is 1. The highest BCUT2D eigenvalue weighted by atomic mass is 16.6. The summed E-state index contributed by atoms with van der Waals surface area (Å²) in [6.07, 6.45) is 5.50. The molecule has 0 aromatic carbocycles. The minimum Gasteiger partial charge on any atom is -0.307 e. The first-order chi connectivity index (χ1) is 8.19. The lowest BCUT2D eigenvalue weighted by Gasteiger charge is -2.01. The molecule has 0 spiro atoms. The smallest absolute Gasteiger partial charge is 0.307 e. The number of hydrazine groups is 1. The van der Waals surface area contributed by atoms with Crippen LogP contribution in [0.2, 0.25) is 0 Å². The number of rotatable bonds is 4. The average molecular weight is 235 g/mol. The number of anilines is 1. The second-order valence-electron chi connectivity index (χ2n) is 3.19. The highest BCUT2D eigenvalue weighted by Crippen LogP contribution is 2.09. The summed E-state index contributed by atoms with van der Waals surface area (Å²) in [7, 11) is 0. The lowest BCUT2D eigenvalue weighted by Crippen LogP contribution is -2.10. The summed E-state index contributed by atoms with van der Waals surface area (Å²) in [6.45, 7) is 0.311. The molecule has 0 atom stereocenters. The Morgan fingerprint density at radius 3 is 2.76 bits per heavy atom. The van der Waals surface area contributed by atoms with E-state index in [2.05, 4.69) is 20.5 Å². The molecule has 0 aliphatic carbocycles. The van der Waals surface area contributed by atoms with Gasteiger partial charge in [-0.15, -0.1) is 0 Å². The molecule has 9 nitrogen and oxygen atoms in total. The summed E-state index contributed by atoms with van der Waals surface area (Å²) in [4.78, 5) is 18.0. The van der Waals surface area contributed by atoms with Crippen LogP contribution in [0.25, 0.3) is 0 Å². The normalized spacial score (nSPS) is 10.2. The van der Waals surface area contributed by atoms with Gasteiger partial charge >= 0.3 is 5.69 Å². The van der Waals surface area contributed by atoms with Crippen LogP contribution in [0.15, 0.2) is 24.8 Å². The third-order valence-electron chi connectivity index (χ3n) is 2.01. The predicted molar refractivity (Wildman–Crippen MR) is 57.8 cm³/mol. The fraction of sp³-hybridized carbons (Fsp3) is 0.125. The Balaban J connectivity index is 2.11. The van der Waals surface area contributed by atoms with Crippen molar-refractivity contribution in [1.82, 2.24) is 19.7 Å². The van der Waals surface area contributed by atoms with Crippen LogP contribution in [0, 0.1) is 10.1 Å². The first kappa shape index (κ1) is 11.0. The number of hydrogen-bond acceptors (Lipinski definition) is 7. The third-order valence-corrected chi connectivity index (χ3v) is 2.01. The maximum atomic E-state index is 10.5. The molecular formula is C8H9N7O2. The van der Waals surface area contributed by atoms with E-state index in [1.165, 1.54) is 29.5 Å². The molecule has 0 aliphatic heterocycles. The lowest BCUT2D eigenvalue weighted by atomic mass is 10.4. The van der Waals surface area contributed by atoms with E-state index in [1.54, 1.807) is 0 Å². The molecule has 0 aliphatic rings. The molecule has 0 saturated heterocycles. The largest absolute Gasteiger partial charge is 0.307 e. The Hall–Kier alpha value is -2.55. The highest BCUT2D eigenvalue weighted by molar-refractivity contribution is 5.28. The summed E-state index contributed by atoms with van der Waals surface area (Å²) in [5.41, 5.74) is 2.92. The van der Waals surface area contributed by atoms with E-state index in [-0.39, 0.29) is 5.69 Å². The van der Waals surface area contributed by atoms with E-state index in [9.17, 15) is 10.1 Å². The molecular weight excluding hydrogens is 226 g/mol. The Labute approximate surface area is 95.4 Å². The predicted octanol–water partition coefficient (Wildman–Crippen LogP) is -0.0848. The number of nitrogen functional groups attached to an aromatic ring is 1. The van der Waals surface area contributed by atoms with Gasteiger partial charge in [-0.2, -0.15) is 5.10 Å². The summed E-state index contributed by atoms with van der Waals surface area (Å²) >= 11 is 0. The fourth-order valence-corrected chi connectivity index (χ4v) is 1.21. The van der Waals surface area contributed by atoms with E-state index in [0.29, 0.717) is 18.1 Å². The Morgan fingerprint density at radius 2 is 2.24 bits per heavy atom. The summed E-state index contributed by atoms with van der Waals surface area (Å²) in [5.74, 6) is 5.59. The van der Waals surface area contributed by atoms with Crippen LogP contribution in [-0.2, 0) is 6.54 Å². The molecule has 2 heterocycles. The zero-order valence-electron chi connectivity index (χ0n) is 8.65. The summed E-state index contributed by atoms with van der Waals surface area (Å²) in [5, 5.41) is 14.3. The van der Waals surface area contributed by atoms with E-state index >= 15 is 0 Å². The monoisotopic (exact) mass is 235 g/mol. The molecule has 3 N–H and O–H groups in total. The van der Waals surface area contributed by atoms with Crippen LogP contribution in [0.1, 0.15) is 5.69 Å². The molecule has 17 heavy (non-hydrogen) atoms. The first-order valence-electron chi connectivity index (χ1n) is 4.63. The molecule has 2 aromatic rings. The van der Waals surface area contributed by atoms with Crippen LogP contribution in [0.3, 0.4) is 0 Å². The van der Waals surface area contributed by atoms with Crippen molar-refractivity contribution < 1.29 is 4.92 Å². The molecule has 88 valence electrons. The number of nitrogens with two attached hydrogens (primary N) is 1. The minimum atomic E-state index is -0.503. The van der Waals surface area contributed by atoms with Gasteiger partial charge in [-0.05, 0) is 0 Å². The number of hydrogen-bond donors (Lipinski definition) is 2. The van der Waals surface area contributed by atoms with Crippen molar-refractivity contribution in [3.63, 3.8) is 0 Å². The molecule has 0 saturated carbocycles. The second-order valence-corrected chi connectivity index (χ2v) is 3.19. The van der Waals surface area contributed by atoms with Crippen LogP contribution in [0.5, 0.6) is 0 Å². The van der Waals surface area contributed by atoms with Crippen molar-refractivity contribution in [3.05, 3.63) is 40.6 Å². The quantitative estimate of drug-likeness (QED) is 0.431. The summed E-state index contributed by atoms with van der Waals surface area (Å²) < 4.78 is 1.41. The highest BCUT2D eigenvalue weighted by Gasteiger charge is 2.09. The summed E-state index contributed by atoms with van der Waals surface area (Å²) in [6, 6.07) is 0. The molecule has 0 bridgehead atoms. The van der Waals surface area contributed by atoms with E-state index in [0.717, 1.165) is 0 Å². The maximum Gasteiger partial charge on any atom is 0.307 e. The van der Waals surface area contributed by atoms with Gasteiger partial charge in [-0.3, -0.25) is 19.8 Å². The van der Waals surface area contributed by atoms with Crippen molar-refractivity contribution >= 4 is 11.5 Å². The lowest BCUT2D eigenvalue weighted by molar-refractivity contribution is -0.385. The van der Waals surface area contributed by atoms with Crippen molar-refractivity contribution in [2.75, 3.05) is 5.43 Å². The van der Waals surface area contributed by atoms with Crippen molar-refractivity contribution in [2.45, 2.75) is 6.54 Å². The van der Waals surface area contributed by atoms with Gasteiger partial charge in [0.05, 0.1) is 29.6 Å². The Bertz CT molecular complexity index is 521. The van der Waals surface area contributed by atoms with Crippen LogP contribution in [0.4, 0.5) is 11.5 Å². The van der Waals surface area contributed by atoms with Gasteiger partial charge in [0.15, 0.2) is 5.82 Å². The topological polar surface area (TPSA) is 125 Å². The second kappa shape index (κ2) is 4.53. The van der Waals surface area contributed by atoms with Gasteiger partial charge in [0.1, 0.15) is 12.4 Å². The first-order valence-corrected chi connectivity index (χ1v) is 4.63. The van der Waals surface area contributed by atoms with Gasteiger partial charge in [-0.25, -0.2) is 10.8 Å².